The minimum absolute atomic E-state index is 0.166. The van der Waals surface area contributed by atoms with Crippen LogP contribution in [0.1, 0.15) is 69.7 Å². The Morgan fingerprint density at radius 1 is 1.00 bits per heavy atom. The van der Waals surface area contributed by atoms with Crippen molar-refractivity contribution in [1.82, 2.24) is 0 Å². The molecule has 0 radical (unpaired) electrons. The third-order valence-electron chi connectivity index (χ3n) is 7.46. The monoisotopic (exact) mass is 520 g/mol. The first-order valence-electron chi connectivity index (χ1n) is 11.4. The number of alkyl halides is 4. The van der Waals surface area contributed by atoms with Crippen molar-refractivity contribution in [3.63, 3.8) is 0 Å². The highest BCUT2D eigenvalue weighted by atomic mass is 35.5. The lowest BCUT2D eigenvalue weighted by Gasteiger charge is -2.69. The van der Waals surface area contributed by atoms with Crippen molar-refractivity contribution in [2.24, 2.45) is 21.7 Å². The minimum atomic E-state index is -4.52. The van der Waals surface area contributed by atoms with E-state index in [0.29, 0.717) is 16.2 Å². The fraction of sp³-hybridized carbons (Fsp3) is 0.680. The summed E-state index contributed by atoms with van der Waals surface area (Å²) in [5, 5.41) is 17.4. The first kappa shape index (κ1) is 27.4. The maximum absolute atomic E-state index is 11.9. The van der Waals surface area contributed by atoms with Gasteiger partial charge < -0.3 is 19.7 Å². The SMILES string of the molecule is CC12CC3(C)CC(C)(C1)CC(C(Cl)C(=O)O)(C2)C3.COc1ccc(OCC(F)(F)F)c(C(=O)O)c1. The lowest BCUT2D eigenvalue weighted by Crippen LogP contribution is -2.62. The molecule has 0 aromatic heterocycles. The first-order chi connectivity index (χ1) is 15.9. The Kier molecular flexibility index (Phi) is 7.09. The molecule has 5 rings (SSSR count). The lowest BCUT2D eigenvalue weighted by molar-refractivity contribution is -0.189. The van der Waals surface area contributed by atoms with E-state index in [9.17, 15) is 27.9 Å². The molecule has 4 saturated carbocycles. The van der Waals surface area contributed by atoms with E-state index in [2.05, 4.69) is 25.5 Å². The van der Waals surface area contributed by atoms with Crippen LogP contribution in [0.5, 0.6) is 11.5 Å². The summed E-state index contributed by atoms with van der Waals surface area (Å²) in [4.78, 5) is 22.2. The number of hydrogen-bond donors (Lipinski definition) is 2. The Labute approximate surface area is 207 Å². The number of benzene rings is 1. The molecule has 0 aliphatic heterocycles. The molecule has 4 aliphatic rings. The third-order valence-corrected chi connectivity index (χ3v) is 8.11. The van der Waals surface area contributed by atoms with E-state index < -0.39 is 30.1 Å². The molecule has 4 fully saturated rings. The molecule has 0 spiro atoms. The number of aromatic carboxylic acids is 1. The van der Waals surface area contributed by atoms with Gasteiger partial charge in [-0.05, 0) is 78.4 Å². The highest BCUT2D eigenvalue weighted by Gasteiger charge is 2.66. The number of carboxylic acid groups (broad SMARTS) is 2. The summed E-state index contributed by atoms with van der Waals surface area (Å²) in [7, 11) is 1.32. The van der Waals surface area contributed by atoms with Gasteiger partial charge in [0.25, 0.3) is 0 Å². The van der Waals surface area contributed by atoms with Crippen molar-refractivity contribution < 1.29 is 42.4 Å². The summed E-state index contributed by atoms with van der Waals surface area (Å²) >= 11 is 6.32. The fourth-order valence-corrected chi connectivity index (χ4v) is 8.24. The van der Waals surface area contributed by atoms with E-state index >= 15 is 0 Å². The van der Waals surface area contributed by atoms with Crippen molar-refractivity contribution in [1.29, 1.82) is 0 Å². The Balaban J connectivity index is 0.000000196. The van der Waals surface area contributed by atoms with Gasteiger partial charge >= 0.3 is 18.1 Å². The van der Waals surface area contributed by atoms with E-state index in [4.69, 9.17) is 21.4 Å². The summed E-state index contributed by atoms with van der Waals surface area (Å²) in [6.45, 7) is 5.50. The number of aliphatic carboxylic acids is 1. The summed E-state index contributed by atoms with van der Waals surface area (Å²) < 4.78 is 44.9. The average molecular weight is 521 g/mol. The average Bonchev–Trinajstić information content (AvgIpc) is 2.67. The first-order valence-corrected chi connectivity index (χ1v) is 11.8. The number of ether oxygens (including phenoxy) is 2. The Hall–Kier alpha value is -2.16. The molecule has 0 heterocycles. The highest BCUT2D eigenvalue weighted by Crippen LogP contribution is 2.74. The number of hydrogen-bond acceptors (Lipinski definition) is 4. The lowest BCUT2D eigenvalue weighted by atomic mass is 9.36. The zero-order valence-electron chi connectivity index (χ0n) is 20.3. The van der Waals surface area contributed by atoms with Crippen LogP contribution in [0, 0.1) is 21.7 Å². The third kappa shape index (κ3) is 5.98. The smallest absolute Gasteiger partial charge is 0.422 e. The van der Waals surface area contributed by atoms with Gasteiger partial charge in [0.1, 0.15) is 22.4 Å². The molecule has 10 heteroatoms. The molecule has 6 nitrogen and oxygen atoms in total. The molecule has 0 amide bonds. The quantitative estimate of drug-likeness (QED) is 0.422. The van der Waals surface area contributed by atoms with Gasteiger partial charge in [-0.25, -0.2) is 4.79 Å². The molecule has 1 aromatic rings. The Bertz CT molecular complexity index is 940. The maximum Gasteiger partial charge on any atom is 0.422 e. The van der Waals surface area contributed by atoms with Gasteiger partial charge in [-0.15, -0.1) is 11.6 Å². The standard InChI is InChI=1S/C15H23ClO2.C10H9F3O4/c1-12-4-13(2)6-14(3,5-12)9-15(7-12,8-13)10(16)11(17)18;1-16-6-2-3-8(7(4-6)9(14)15)17-5-10(11,12)13/h10H,4-9H2,1-3H3,(H,17,18);2-4H,5H2,1H3,(H,14,15). The Morgan fingerprint density at radius 3 is 1.86 bits per heavy atom. The van der Waals surface area contributed by atoms with Crippen molar-refractivity contribution in [2.75, 3.05) is 13.7 Å². The zero-order valence-corrected chi connectivity index (χ0v) is 21.1. The van der Waals surface area contributed by atoms with Gasteiger partial charge in [0.05, 0.1) is 7.11 Å². The van der Waals surface area contributed by atoms with E-state index in [1.807, 2.05) is 0 Å². The number of carbonyl (C=O) groups is 2. The van der Waals surface area contributed by atoms with Gasteiger partial charge in [0.15, 0.2) is 6.61 Å². The molecule has 196 valence electrons. The molecule has 0 saturated heterocycles. The van der Waals surface area contributed by atoms with Crippen molar-refractivity contribution in [2.45, 2.75) is 70.8 Å². The van der Waals surface area contributed by atoms with Crippen LogP contribution in [-0.2, 0) is 4.79 Å². The van der Waals surface area contributed by atoms with Crippen LogP contribution < -0.4 is 9.47 Å². The second-order valence-corrected chi connectivity index (χ2v) is 12.1. The highest BCUT2D eigenvalue weighted by molar-refractivity contribution is 6.30. The normalized spacial score (nSPS) is 33.9. The van der Waals surface area contributed by atoms with Gasteiger partial charge in [-0.1, -0.05) is 20.8 Å². The van der Waals surface area contributed by atoms with Gasteiger partial charge in [-0.3, -0.25) is 4.79 Å². The topological polar surface area (TPSA) is 93.1 Å². The molecule has 4 bridgehead atoms. The maximum atomic E-state index is 11.9. The van der Waals surface area contributed by atoms with Crippen LogP contribution in [0.4, 0.5) is 13.2 Å². The van der Waals surface area contributed by atoms with E-state index in [0.717, 1.165) is 31.4 Å². The number of carboxylic acids is 2. The fourth-order valence-electron chi connectivity index (χ4n) is 8.01. The molecule has 35 heavy (non-hydrogen) atoms. The predicted octanol–water partition coefficient (Wildman–Crippen LogP) is 6.40. The molecule has 1 unspecified atom stereocenters. The second kappa shape index (κ2) is 9.05. The molecule has 1 atom stereocenters. The largest absolute Gasteiger partial charge is 0.497 e. The summed E-state index contributed by atoms with van der Waals surface area (Å²) in [6.07, 6.45) is 2.25. The summed E-state index contributed by atoms with van der Waals surface area (Å²) in [5.74, 6) is -2.34. The minimum Gasteiger partial charge on any atom is -0.497 e. The number of rotatable bonds is 6. The molecular weight excluding hydrogens is 489 g/mol. The van der Waals surface area contributed by atoms with Crippen LogP contribution in [-0.4, -0.2) is 47.4 Å². The number of methoxy groups -OCH3 is 1. The van der Waals surface area contributed by atoms with Crippen LogP contribution in [0.2, 0.25) is 0 Å². The van der Waals surface area contributed by atoms with Crippen LogP contribution in [0.15, 0.2) is 18.2 Å². The second-order valence-electron chi connectivity index (χ2n) is 11.6. The Morgan fingerprint density at radius 2 is 1.49 bits per heavy atom. The number of halogens is 4. The molecular formula is C25H32ClF3O6. The van der Waals surface area contributed by atoms with Crippen LogP contribution in [0.25, 0.3) is 0 Å². The predicted molar refractivity (Wildman–Crippen MR) is 123 cm³/mol. The summed E-state index contributed by atoms with van der Waals surface area (Å²) in [5.41, 5.74) is 0.372. The zero-order chi connectivity index (χ0) is 26.4. The van der Waals surface area contributed by atoms with Crippen LogP contribution in [0.3, 0.4) is 0 Å². The van der Waals surface area contributed by atoms with E-state index in [1.54, 1.807) is 0 Å². The molecule has 1 aromatic carbocycles. The van der Waals surface area contributed by atoms with Crippen molar-refractivity contribution in [3.8, 4) is 11.5 Å². The van der Waals surface area contributed by atoms with Gasteiger partial charge in [0, 0.05) is 0 Å². The van der Waals surface area contributed by atoms with Gasteiger partial charge in [0.2, 0.25) is 0 Å². The molecule has 2 N–H and O–H groups in total. The van der Waals surface area contributed by atoms with E-state index in [1.165, 1.54) is 32.4 Å². The van der Waals surface area contributed by atoms with Crippen molar-refractivity contribution >= 4 is 23.5 Å². The molecule has 4 aliphatic carbocycles. The summed E-state index contributed by atoms with van der Waals surface area (Å²) in [6, 6.07) is 3.53. The van der Waals surface area contributed by atoms with Crippen molar-refractivity contribution in [3.05, 3.63) is 23.8 Å². The van der Waals surface area contributed by atoms with Gasteiger partial charge in [-0.2, -0.15) is 13.2 Å². The van der Waals surface area contributed by atoms with E-state index in [-0.39, 0.29) is 22.5 Å². The van der Waals surface area contributed by atoms with Crippen LogP contribution >= 0.6 is 11.6 Å².